The normalized spacial score (nSPS) is 8.40. The second-order valence-electron chi connectivity index (χ2n) is 0.607. The topological polar surface area (TPSA) is 21.3 Å². The van der Waals surface area contributed by atoms with E-state index in [1.807, 2.05) is 0 Å². The van der Waals surface area contributed by atoms with Gasteiger partial charge in [-0.25, -0.2) is 0 Å². The number of nitrogens with one attached hydrogen (secondary N) is 1. The fraction of sp³-hybridized carbons (Fsp3) is 1.00. The minimum atomic E-state index is 0.404. The van der Waals surface area contributed by atoms with Gasteiger partial charge in [-0.15, -0.1) is 0 Å². The molecule has 0 fully saturated rings. The third kappa shape index (κ3) is 4.21. The number of rotatable bonds is 2. The van der Waals surface area contributed by atoms with Crippen LogP contribution in [0.4, 0.5) is 0 Å². The van der Waals surface area contributed by atoms with Crippen LogP contribution >= 0.6 is 11.9 Å². The van der Waals surface area contributed by atoms with E-state index in [1.165, 1.54) is 0 Å². The molecule has 0 radical (unpaired) electrons. The molecule has 0 unspecified atom stereocenters. The van der Waals surface area contributed by atoms with Gasteiger partial charge in [-0.2, -0.15) is 0 Å². The van der Waals surface area contributed by atoms with Crippen molar-refractivity contribution in [1.29, 1.82) is 0 Å². The summed E-state index contributed by atoms with van der Waals surface area (Å²) in [7, 11) is 1.75. The Balaban J connectivity index is 2.19. The molecule has 32 valence electrons. The van der Waals surface area contributed by atoms with Crippen LogP contribution in [-0.4, -0.2) is 13.8 Å². The van der Waals surface area contributed by atoms with Crippen molar-refractivity contribution in [3.8, 4) is 0 Å². The molecule has 0 aromatic carbocycles. The van der Waals surface area contributed by atoms with Crippen molar-refractivity contribution in [3.63, 3.8) is 0 Å². The second kappa shape index (κ2) is 4.21. The standard InChI is InChI=1S/C2H6ClNO/c1-4-2-5-3/h4H,2H2,1H3. The van der Waals surface area contributed by atoms with Crippen molar-refractivity contribution < 1.29 is 4.29 Å². The van der Waals surface area contributed by atoms with Gasteiger partial charge in [0, 0.05) is 0 Å². The minimum absolute atomic E-state index is 0.404. The lowest BCUT2D eigenvalue weighted by molar-refractivity contribution is 0.327. The molecule has 1 N–H and O–H groups in total. The maximum absolute atomic E-state index is 4.74. The van der Waals surface area contributed by atoms with Gasteiger partial charge in [-0.3, -0.25) is 9.61 Å². The molecule has 0 spiro atoms. The van der Waals surface area contributed by atoms with Crippen LogP contribution in [0, 0.1) is 0 Å². The summed E-state index contributed by atoms with van der Waals surface area (Å²) in [6.07, 6.45) is 0. The van der Waals surface area contributed by atoms with Crippen LogP contribution in [0.5, 0.6) is 0 Å². The van der Waals surface area contributed by atoms with Crippen LogP contribution in [0.1, 0.15) is 0 Å². The first-order valence-electron chi connectivity index (χ1n) is 1.30. The lowest BCUT2D eigenvalue weighted by Gasteiger charge is -1.84. The van der Waals surface area contributed by atoms with Gasteiger partial charge in [0.05, 0.1) is 11.9 Å². The second-order valence-corrected chi connectivity index (χ2v) is 0.825. The summed E-state index contributed by atoms with van der Waals surface area (Å²) in [5.41, 5.74) is 0. The predicted octanol–water partition coefficient (Wildman–Crippen LogP) is 0.334. The van der Waals surface area contributed by atoms with Gasteiger partial charge < -0.3 is 0 Å². The molecule has 0 aliphatic rings. The monoisotopic (exact) mass is 95.0 g/mol. The van der Waals surface area contributed by atoms with Crippen molar-refractivity contribution in [1.82, 2.24) is 5.32 Å². The van der Waals surface area contributed by atoms with Gasteiger partial charge in [-0.05, 0) is 7.05 Å². The van der Waals surface area contributed by atoms with Crippen molar-refractivity contribution >= 4 is 11.9 Å². The number of halogens is 1. The Morgan fingerprint density at radius 1 is 2.00 bits per heavy atom. The summed E-state index contributed by atoms with van der Waals surface area (Å²) < 4.78 is 4.05. The van der Waals surface area contributed by atoms with E-state index in [0.717, 1.165) is 0 Å². The fourth-order valence-electron chi connectivity index (χ4n) is 0.0546. The maximum atomic E-state index is 4.74. The summed E-state index contributed by atoms with van der Waals surface area (Å²) in [5, 5.41) is 2.66. The van der Waals surface area contributed by atoms with E-state index in [1.54, 1.807) is 7.05 Å². The first-order valence-corrected chi connectivity index (χ1v) is 1.61. The lowest BCUT2D eigenvalue weighted by atomic mass is 11.2. The zero-order chi connectivity index (χ0) is 4.12. The fourth-order valence-corrected chi connectivity index (χ4v) is 0.164. The average molecular weight is 95.5 g/mol. The van der Waals surface area contributed by atoms with Crippen LogP contribution in [-0.2, 0) is 4.29 Å². The van der Waals surface area contributed by atoms with Gasteiger partial charge in [0.1, 0.15) is 6.73 Å². The van der Waals surface area contributed by atoms with E-state index in [2.05, 4.69) is 9.61 Å². The Bertz CT molecular complexity index is 17.1. The van der Waals surface area contributed by atoms with Crippen LogP contribution in [0.15, 0.2) is 0 Å². The van der Waals surface area contributed by atoms with Gasteiger partial charge >= 0.3 is 0 Å². The van der Waals surface area contributed by atoms with Crippen LogP contribution in [0.3, 0.4) is 0 Å². The predicted molar refractivity (Wildman–Crippen MR) is 20.9 cm³/mol. The zero-order valence-electron chi connectivity index (χ0n) is 2.99. The van der Waals surface area contributed by atoms with Crippen LogP contribution in [0.25, 0.3) is 0 Å². The third-order valence-electron chi connectivity index (χ3n) is 0.199. The molecule has 0 amide bonds. The molecule has 0 rings (SSSR count). The summed E-state index contributed by atoms with van der Waals surface area (Å²) in [6.45, 7) is 0.404. The van der Waals surface area contributed by atoms with E-state index >= 15 is 0 Å². The van der Waals surface area contributed by atoms with Crippen molar-refractivity contribution in [2.75, 3.05) is 13.8 Å². The largest absolute Gasteiger partial charge is 0.296 e. The molecule has 0 heterocycles. The van der Waals surface area contributed by atoms with E-state index in [4.69, 9.17) is 11.9 Å². The molecule has 0 atom stereocenters. The molecule has 5 heavy (non-hydrogen) atoms. The summed E-state index contributed by atoms with van der Waals surface area (Å²) in [4.78, 5) is 0. The quantitative estimate of drug-likeness (QED) is 0.499. The lowest BCUT2D eigenvalue weighted by Crippen LogP contribution is -2.06. The van der Waals surface area contributed by atoms with Crippen LogP contribution < -0.4 is 5.32 Å². The van der Waals surface area contributed by atoms with Gasteiger partial charge in [0.2, 0.25) is 0 Å². The molecule has 0 aliphatic heterocycles. The van der Waals surface area contributed by atoms with E-state index < -0.39 is 0 Å². The Morgan fingerprint density at radius 2 is 2.60 bits per heavy atom. The van der Waals surface area contributed by atoms with Crippen molar-refractivity contribution in [2.45, 2.75) is 0 Å². The molecular weight excluding hydrogens is 89.5 g/mol. The highest BCUT2D eigenvalue weighted by atomic mass is 35.5. The summed E-state index contributed by atoms with van der Waals surface area (Å²) in [5.74, 6) is 0. The molecule has 0 saturated carbocycles. The molecule has 0 saturated heterocycles. The number of hydrogen-bond donors (Lipinski definition) is 1. The molecule has 2 nitrogen and oxygen atoms in total. The Labute approximate surface area is 36.2 Å². The van der Waals surface area contributed by atoms with E-state index in [-0.39, 0.29) is 0 Å². The minimum Gasteiger partial charge on any atom is -0.296 e. The molecule has 0 aliphatic carbocycles. The first-order chi connectivity index (χ1) is 2.41. The highest BCUT2D eigenvalue weighted by Gasteiger charge is 1.65. The molecule has 0 bridgehead atoms. The van der Waals surface area contributed by atoms with Crippen molar-refractivity contribution in [2.24, 2.45) is 0 Å². The summed E-state index contributed by atoms with van der Waals surface area (Å²) in [6, 6.07) is 0. The van der Waals surface area contributed by atoms with Crippen molar-refractivity contribution in [3.05, 3.63) is 0 Å². The Hall–Kier alpha value is 0.210. The summed E-state index contributed by atoms with van der Waals surface area (Å²) >= 11 is 4.74. The zero-order valence-corrected chi connectivity index (χ0v) is 3.75. The third-order valence-corrected chi connectivity index (χ3v) is 0.308. The van der Waals surface area contributed by atoms with Gasteiger partial charge in [0.15, 0.2) is 0 Å². The molecular formula is C2H6ClNO. The smallest absolute Gasteiger partial charge is 0.118 e. The highest BCUT2D eigenvalue weighted by molar-refractivity contribution is 6.07. The SMILES string of the molecule is CNCOCl. The molecule has 0 aromatic rings. The molecule has 3 heteroatoms. The maximum Gasteiger partial charge on any atom is 0.118 e. The average Bonchev–Trinajstić information content (AvgIpc) is 1.41. The van der Waals surface area contributed by atoms with Crippen LogP contribution in [0.2, 0.25) is 0 Å². The molecule has 0 aromatic heterocycles. The van der Waals surface area contributed by atoms with Gasteiger partial charge in [0.25, 0.3) is 0 Å². The highest BCUT2D eigenvalue weighted by Crippen LogP contribution is 1.68. The van der Waals surface area contributed by atoms with E-state index in [9.17, 15) is 0 Å². The number of hydrogen-bond acceptors (Lipinski definition) is 2. The van der Waals surface area contributed by atoms with E-state index in [0.29, 0.717) is 6.73 Å². The van der Waals surface area contributed by atoms with Gasteiger partial charge in [-0.1, -0.05) is 0 Å². The Kier molecular flexibility index (Phi) is 4.39. The Morgan fingerprint density at radius 3 is 2.60 bits per heavy atom. The first kappa shape index (κ1) is 5.21.